The van der Waals surface area contributed by atoms with E-state index in [9.17, 15) is 0 Å². The highest BCUT2D eigenvalue weighted by molar-refractivity contribution is 7.80. The van der Waals surface area contributed by atoms with Crippen molar-refractivity contribution in [1.29, 1.82) is 0 Å². The smallest absolute Gasteiger partial charge is 0.118 e. The quantitative estimate of drug-likeness (QED) is 0.218. The van der Waals surface area contributed by atoms with Crippen molar-refractivity contribution in [3.63, 3.8) is 0 Å². The van der Waals surface area contributed by atoms with Crippen molar-refractivity contribution in [2.75, 3.05) is 7.11 Å². The Morgan fingerprint density at radius 2 is 1.22 bits per heavy atom. The topological polar surface area (TPSA) is 9.23 Å². The Morgan fingerprint density at radius 3 is 1.83 bits per heavy atom. The van der Waals surface area contributed by atoms with Crippen LogP contribution in [0.1, 0.15) is 16.7 Å². The normalized spacial score (nSPS) is 10.9. The van der Waals surface area contributed by atoms with Gasteiger partial charge in [-0.1, -0.05) is 127 Å². The first-order chi connectivity index (χ1) is 17.7. The predicted molar refractivity (Wildman–Crippen MR) is 156 cm³/mol. The molecular formula is C34H29OP. The molecule has 2 heteroatoms. The van der Waals surface area contributed by atoms with E-state index in [1.54, 1.807) is 7.11 Å². The minimum absolute atomic E-state index is 0.745. The van der Waals surface area contributed by atoms with Crippen LogP contribution >= 0.6 is 7.92 Å². The van der Waals surface area contributed by atoms with Crippen molar-refractivity contribution in [1.82, 2.24) is 0 Å². The summed E-state index contributed by atoms with van der Waals surface area (Å²) in [6, 6.07) is 45.4. The van der Waals surface area contributed by atoms with Gasteiger partial charge in [0.25, 0.3) is 0 Å². The lowest BCUT2D eigenvalue weighted by Gasteiger charge is -2.24. The summed E-state index contributed by atoms with van der Waals surface area (Å²) in [5, 5.41) is 4.05. The molecule has 0 aromatic heterocycles. The summed E-state index contributed by atoms with van der Waals surface area (Å²) in [7, 11) is 0.945. The minimum atomic E-state index is -0.745. The van der Waals surface area contributed by atoms with Crippen molar-refractivity contribution in [3.05, 3.63) is 151 Å². The largest absolute Gasteiger partial charge is 0.497 e. The zero-order valence-electron chi connectivity index (χ0n) is 20.7. The Bertz CT molecular complexity index is 1430. The maximum absolute atomic E-state index is 5.36. The number of hydrogen-bond donors (Lipinski definition) is 0. The lowest BCUT2D eigenvalue weighted by molar-refractivity contribution is 0.415. The van der Waals surface area contributed by atoms with Crippen LogP contribution in [-0.4, -0.2) is 7.11 Å². The van der Waals surface area contributed by atoms with Crippen LogP contribution in [0.25, 0.3) is 16.7 Å². The van der Waals surface area contributed by atoms with E-state index in [4.69, 9.17) is 4.74 Å². The lowest BCUT2D eigenvalue weighted by Crippen LogP contribution is -2.22. The molecule has 0 unspecified atom stereocenters. The van der Waals surface area contributed by atoms with Crippen LogP contribution in [0.4, 0.5) is 0 Å². The average Bonchev–Trinajstić information content (AvgIpc) is 2.94. The molecule has 0 heterocycles. The Hall–Kier alpha value is -3.93. The molecule has 0 N–H and O–H groups in total. The van der Waals surface area contributed by atoms with Gasteiger partial charge in [-0.05, 0) is 70.7 Å². The minimum Gasteiger partial charge on any atom is -0.497 e. The van der Waals surface area contributed by atoms with Crippen molar-refractivity contribution in [2.24, 2.45) is 0 Å². The van der Waals surface area contributed by atoms with Gasteiger partial charge in [0.1, 0.15) is 5.75 Å². The Balaban J connectivity index is 1.69. The number of hydrogen-bond acceptors (Lipinski definition) is 1. The number of methoxy groups -OCH3 is 1. The fourth-order valence-corrected chi connectivity index (χ4v) is 7.13. The van der Waals surface area contributed by atoms with Crippen LogP contribution in [0.3, 0.4) is 0 Å². The highest BCUT2D eigenvalue weighted by Gasteiger charge is 2.22. The number of rotatable bonds is 7. The van der Waals surface area contributed by atoms with Gasteiger partial charge >= 0.3 is 0 Å². The molecule has 176 valence electrons. The van der Waals surface area contributed by atoms with Gasteiger partial charge in [0.15, 0.2) is 0 Å². The van der Waals surface area contributed by atoms with E-state index >= 15 is 0 Å². The van der Waals surface area contributed by atoms with E-state index in [0.29, 0.717) is 0 Å². The van der Waals surface area contributed by atoms with Crippen LogP contribution in [0.15, 0.2) is 134 Å². The SMILES string of the molecule is C=C(c1ccc(OC)cc1)c1ccccc1-c1ccc(C)cc1P(c1ccccc1)c1ccccc1. The summed E-state index contributed by atoms with van der Waals surface area (Å²) in [6.45, 7) is 6.69. The number of aryl methyl sites for hydroxylation is 1. The summed E-state index contributed by atoms with van der Waals surface area (Å²) in [5.74, 6) is 0.844. The molecule has 5 rings (SSSR count). The van der Waals surface area contributed by atoms with Crippen LogP contribution in [0.2, 0.25) is 0 Å². The van der Waals surface area contributed by atoms with Gasteiger partial charge in [-0.3, -0.25) is 0 Å². The summed E-state index contributed by atoms with van der Waals surface area (Å²) in [6.07, 6.45) is 0. The Morgan fingerprint density at radius 1 is 0.639 bits per heavy atom. The number of benzene rings is 5. The molecule has 5 aromatic rings. The average molecular weight is 485 g/mol. The molecule has 0 spiro atoms. The first kappa shape index (κ1) is 23.8. The van der Waals surface area contributed by atoms with E-state index in [-0.39, 0.29) is 0 Å². The molecule has 0 saturated heterocycles. The highest BCUT2D eigenvalue weighted by Crippen LogP contribution is 2.40. The van der Waals surface area contributed by atoms with Gasteiger partial charge in [0.2, 0.25) is 0 Å². The van der Waals surface area contributed by atoms with Gasteiger partial charge < -0.3 is 4.74 Å². The molecule has 0 saturated carbocycles. The first-order valence-electron chi connectivity index (χ1n) is 12.1. The molecule has 0 aliphatic carbocycles. The molecule has 0 amide bonds. The first-order valence-corrected chi connectivity index (χ1v) is 13.4. The Labute approximate surface area is 215 Å². The standard InChI is InChI=1S/C34H29OP/c1-25-18-23-33(32-17-11-10-16-31(32)26(2)27-19-21-28(35-3)22-20-27)34(24-25)36(29-12-6-4-7-13-29)30-14-8-5-9-15-30/h4-24H,2H2,1,3H3. The van der Waals surface area contributed by atoms with E-state index in [0.717, 1.165) is 22.4 Å². The second-order valence-corrected chi connectivity index (χ2v) is 11.0. The monoisotopic (exact) mass is 484 g/mol. The highest BCUT2D eigenvalue weighted by atomic mass is 31.1. The molecule has 0 radical (unpaired) electrons. The Kier molecular flexibility index (Phi) is 7.12. The zero-order valence-corrected chi connectivity index (χ0v) is 21.6. The van der Waals surface area contributed by atoms with Gasteiger partial charge in [0.05, 0.1) is 7.11 Å². The lowest BCUT2D eigenvalue weighted by atomic mass is 9.91. The summed E-state index contributed by atoms with van der Waals surface area (Å²) in [5.41, 5.74) is 6.95. The molecular weight excluding hydrogens is 455 g/mol. The van der Waals surface area contributed by atoms with Gasteiger partial charge in [-0.2, -0.15) is 0 Å². The predicted octanol–water partition coefficient (Wildman–Crippen LogP) is 7.49. The van der Waals surface area contributed by atoms with Crippen LogP contribution in [0, 0.1) is 6.92 Å². The van der Waals surface area contributed by atoms with Crippen LogP contribution in [-0.2, 0) is 0 Å². The molecule has 0 aliphatic heterocycles. The fourth-order valence-electron chi connectivity index (χ4n) is 4.56. The van der Waals surface area contributed by atoms with Gasteiger partial charge in [-0.15, -0.1) is 0 Å². The van der Waals surface area contributed by atoms with Crippen molar-refractivity contribution < 1.29 is 4.74 Å². The maximum atomic E-state index is 5.36. The van der Waals surface area contributed by atoms with Crippen LogP contribution in [0.5, 0.6) is 5.75 Å². The summed E-state index contributed by atoms with van der Waals surface area (Å²) in [4.78, 5) is 0. The van der Waals surface area contributed by atoms with E-state index < -0.39 is 7.92 Å². The molecule has 0 atom stereocenters. The third-order valence-electron chi connectivity index (χ3n) is 6.40. The third-order valence-corrected chi connectivity index (χ3v) is 8.88. The van der Waals surface area contributed by atoms with Crippen molar-refractivity contribution >= 4 is 29.4 Å². The van der Waals surface area contributed by atoms with Crippen LogP contribution < -0.4 is 20.7 Å². The van der Waals surface area contributed by atoms with Gasteiger partial charge in [0, 0.05) is 0 Å². The second-order valence-electron chi connectivity index (χ2n) is 8.78. The molecule has 36 heavy (non-hydrogen) atoms. The molecule has 5 aromatic carbocycles. The van der Waals surface area contributed by atoms with Crippen molar-refractivity contribution in [3.8, 4) is 16.9 Å². The fraction of sp³-hybridized carbons (Fsp3) is 0.0588. The summed E-state index contributed by atoms with van der Waals surface area (Å²) >= 11 is 0. The van der Waals surface area contributed by atoms with Gasteiger partial charge in [-0.25, -0.2) is 0 Å². The molecule has 0 fully saturated rings. The summed E-state index contributed by atoms with van der Waals surface area (Å²) < 4.78 is 5.36. The van der Waals surface area contributed by atoms with E-state index in [1.165, 1.54) is 32.6 Å². The molecule has 0 bridgehead atoms. The maximum Gasteiger partial charge on any atom is 0.118 e. The van der Waals surface area contributed by atoms with E-state index in [1.807, 2.05) is 12.1 Å². The van der Waals surface area contributed by atoms with Crippen molar-refractivity contribution in [2.45, 2.75) is 6.92 Å². The zero-order chi connectivity index (χ0) is 24.9. The molecule has 1 nitrogen and oxygen atoms in total. The third kappa shape index (κ3) is 4.89. The van der Waals surface area contributed by atoms with E-state index in [2.05, 4.69) is 129 Å². The molecule has 0 aliphatic rings. The second kappa shape index (κ2) is 10.8. The number of ether oxygens (including phenoxy) is 1.